The van der Waals surface area contributed by atoms with Crippen molar-refractivity contribution >= 4 is 11.7 Å². The molecule has 3 nitrogen and oxygen atoms in total. The van der Waals surface area contributed by atoms with Crippen LogP contribution >= 0.6 is 0 Å². The third-order valence-corrected chi connectivity index (χ3v) is 6.97. The quantitative estimate of drug-likeness (QED) is 0.0944. The second kappa shape index (κ2) is 18.0. The first-order valence-corrected chi connectivity index (χ1v) is 14.3. The van der Waals surface area contributed by atoms with Gasteiger partial charge in [0.15, 0.2) is 5.75 Å². The number of rotatable bonds is 19. The molecule has 3 heteroatoms. The number of esters is 1. The summed E-state index contributed by atoms with van der Waals surface area (Å²) in [4.78, 5) is 13.1. The summed E-state index contributed by atoms with van der Waals surface area (Å²) >= 11 is 0. The third kappa shape index (κ3) is 11.8. The van der Waals surface area contributed by atoms with Crippen molar-refractivity contribution in [2.24, 2.45) is 5.92 Å². The van der Waals surface area contributed by atoms with Crippen LogP contribution in [0.2, 0.25) is 0 Å². The van der Waals surface area contributed by atoms with E-state index in [0.717, 1.165) is 36.8 Å². The molecular formula is C32H49NO2. The van der Waals surface area contributed by atoms with E-state index in [9.17, 15) is 4.79 Å². The third-order valence-electron chi connectivity index (χ3n) is 6.97. The summed E-state index contributed by atoms with van der Waals surface area (Å²) in [5.74, 6) is 0.341. The van der Waals surface area contributed by atoms with Crippen molar-refractivity contribution in [1.82, 2.24) is 0 Å². The first-order chi connectivity index (χ1) is 17.2. The lowest BCUT2D eigenvalue weighted by Gasteiger charge is -2.17. The molecule has 2 N–H and O–H groups in total. The second-order valence-electron chi connectivity index (χ2n) is 10.1. The molecule has 0 fully saturated rings. The number of anilines is 1. The summed E-state index contributed by atoms with van der Waals surface area (Å²) in [6.07, 6.45) is 19.5. The second-order valence-corrected chi connectivity index (χ2v) is 10.1. The van der Waals surface area contributed by atoms with Crippen LogP contribution in [0.4, 0.5) is 5.69 Å². The topological polar surface area (TPSA) is 52.3 Å². The number of unbranched alkanes of at least 4 members (excludes halogenated alkanes) is 12. The summed E-state index contributed by atoms with van der Waals surface area (Å²) in [6, 6.07) is 15.9. The number of hydrogen-bond acceptors (Lipinski definition) is 3. The molecule has 0 saturated carbocycles. The van der Waals surface area contributed by atoms with Gasteiger partial charge in [-0.05, 0) is 36.1 Å². The summed E-state index contributed by atoms with van der Waals surface area (Å²) in [7, 11) is 0. The Morgan fingerprint density at radius 3 is 1.71 bits per heavy atom. The zero-order valence-electron chi connectivity index (χ0n) is 22.4. The molecule has 0 amide bonds. The van der Waals surface area contributed by atoms with E-state index in [-0.39, 0.29) is 11.9 Å². The first kappa shape index (κ1) is 28.9. The van der Waals surface area contributed by atoms with E-state index in [4.69, 9.17) is 10.5 Å². The van der Waals surface area contributed by atoms with Gasteiger partial charge in [-0.15, -0.1) is 0 Å². The molecule has 0 bridgehead atoms. The fraction of sp³-hybridized carbons (Fsp3) is 0.594. The molecule has 2 aromatic rings. The van der Waals surface area contributed by atoms with Crippen LogP contribution in [0.3, 0.4) is 0 Å². The summed E-state index contributed by atoms with van der Waals surface area (Å²) in [5.41, 5.74) is 8.94. The van der Waals surface area contributed by atoms with Gasteiger partial charge < -0.3 is 10.5 Å². The molecule has 35 heavy (non-hydrogen) atoms. The Bertz CT molecular complexity index is 818. The van der Waals surface area contributed by atoms with Gasteiger partial charge >= 0.3 is 5.97 Å². The van der Waals surface area contributed by atoms with Crippen molar-refractivity contribution in [2.45, 2.75) is 117 Å². The number of carbonyl (C=O) groups excluding carboxylic acids is 1. The maximum absolute atomic E-state index is 13.1. The van der Waals surface area contributed by atoms with Crippen LogP contribution in [-0.2, 0) is 4.79 Å². The Balaban J connectivity index is 1.88. The average molecular weight is 480 g/mol. The van der Waals surface area contributed by atoms with E-state index in [1.165, 1.54) is 77.0 Å². The molecule has 1 atom stereocenters. The highest BCUT2D eigenvalue weighted by atomic mass is 16.5. The molecular weight excluding hydrogens is 430 g/mol. The number of nitrogens with two attached hydrogens (primary N) is 1. The fourth-order valence-electron chi connectivity index (χ4n) is 4.72. The minimum atomic E-state index is -0.110. The highest BCUT2D eigenvalue weighted by Crippen LogP contribution is 2.30. The minimum Gasteiger partial charge on any atom is -0.424 e. The number of benzene rings is 2. The van der Waals surface area contributed by atoms with Crippen LogP contribution in [0.25, 0.3) is 11.1 Å². The Kier molecular flexibility index (Phi) is 14.9. The number of hydrogen-bond donors (Lipinski definition) is 1. The van der Waals surface area contributed by atoms with E-state index < -0.39 is 0 Å². The van der Waals surface area contributed by atoms with Gasteiger partial charge in [-0.2, -0.15) is 0 Å². The van der Waals surface area contributed by atoms with Crippen LogP contribution in [0.5, 0.6) is 5.75 Å². The number of nitrogen functional groups attached to an aromatic ring is 1. The van der Waals surface area contributed by atoms with Crippen LogP contribution in [0.15, 0.2) is 48.5 Å². The molecule has 0 saturated heterocycles. The number of ether oxygens (including phenoxy) is 1. The zero-order chi connectivity index (χ0) is 25.1. The molecule has 2 aromatic carbocycles. The highest BCUT2D eigenvalue weighted by molar-refractivity contribution is 5.78. The molecule has 0 spiro atoms. The van der Waals surface area contributed by atoms with Gasteiger partial charge in [0.05, 0.1) is 11.6 Å². The van der Waals surface area contributed by atoms with E-state index in [0.29, 0.717) is 11.4 Å². The molecule has 0 radical (unpaired) electrons. The lowest BCUT2D eigenvalue weighted by molar-refractivity contribution is -0.139. The molecule has 0 aliphatic rings. The van der Waals surface area contributed by atoms with Gasteiger partial charge in [0.2, 0.25) is 0 Å². The van der Waals surface area contributed by atoms with E-state index >= 15 is 0 Å². The average Bonchev–Trinajstić information content (AvgIpc) is 2.88. The van der Waals surface area contributed by atoms with E-state index in [1.54, 1.807) is 0 Å². The van der Waals surface area contributed by atoms with Crippen molar-refractivity contribution in [3.05, 3.63) is 48.5 Å². The zero-order valence-corrected chi connectivity index (χ0v) is 22.4. The van der Waals surface area contributed by atoms with E-state index in [2.05, 4.69) is 26.0 Å². The predicted molar refractivity (Wildman–Crippen MR) is 151 cm³/mol. The monoisotopic (exact) mass is 479 g/mol. The highest BCUT2D eigenvalue weighted by Gasteiger charge is 2.21. The van der Waals surface area contributed by atoms with Crippen LogP contribution < -0.4 is 10.5 Å². The van der Waals surface area contributed by atoms with Crippen molar-refractivity contribution in [2.75, 3.05) is 5.73 Å². The Morgan fingerprint density at radius 1 is 0.686 bits per heavy atom. The van der Waals surface area contributed by atoms with Gasteiger partial charge in [0, 0.05) is 0 Å². The summed E-state index contributed by atoms with van der Waals surface area (Å²) in [6.45, 7) is 4.50. The van der Waals surface area contributed by atoms with E-state index in [1.807, 2.05) is 36.4 Å². The summed E-state index contributed by atoms with van der Waals surface area (Å²) < 4.78 is 5.85. The smallest absolute Gasteiger partial charge is 0.314 e. The van der Waals surface area contributed by atoms with Gasteiger partial charge in [-0.1, -0.05) is 140 Å². The van der Waals surface area contributed by atoms with Gasteiger partial charge in [0.1, 0.15) is 0 Å². The minimum absolute atomic E-state index is 0.0329. The lowest BCUT2D eigenvalue weighted by Crippen LogP contribution is -2.21. The molecule has 0 aliphatic carbocycles. The van der Waals surface area contributed by atoms with Crippen molar-refractivity contribution in [3.63, 3.8) is 0 Å². The Hall–Kier alpha value is -2.29. The SMILES string of the molecule is CCCCCCCCCCC(CCCCCCCC)C(=O)Oc1ccc(-c2ccccc2)cc1N. The van der Waals surface area contributed by atoms with Crippen LogP contribution in [0.1, 0.15) is 117 Å². The maximum Gasteiger partial charge on any atom is 0.314 e. The van der Waals surface area contributed by atoms with Crippen LogP contribution in [-0.4, -0.2) is 5.97 Å². The van der Waals surface area contributed by atoms with Crippen molar-refractivity contribution < 1.29 is 9.53 Å². The lowest BCUT2D eigenvalue weighted by atomic mass is 9.94. The summed E-state index contributed by atoms with van der Waals surface area (Å²) in [5, 5.41) is 0. The maximum atomic E-state index is 13.1. The first-order valence-electron chi connectivity index (χ1n) is 14.3. The molecule has 2 rings (SSSR count). The normalized spacial score (nSPS) is 11.9. The fourth-order valence-corrected chi connectivity index (χ4v) is 4.72. The standard InChI is InChI=1S/C32H49NO2/c1-3-5-7-9-11-12-14-17-23-28(22-16-13-10-8-6-4-2)32(34)35-31-25-24-29(26-30(31)33)27-20-18-15-19-21-27/h15,18-21,24-26,28H,3-14,16-17,22-23,33H2,1-2H3. The Labute approximate surface area is 214 Å². The predicted octanol–water partition coefficient (Wildman–Crippen LogP) is 9.74. The molecule has 0 heterocycles. The van der Waals surface area contributed by atoms with Crippen molar-refractivity contribution in [1.29, 1.82) is 0 Å². The largest absolute Gasteiger partial charge is 0.424 e. The van der Waals surface area contributed by atoms with Crippen LogP contribution in [0, 0.1) is 5.92 Å². The molecule has 0 aromatic heterocycles. The van der Waals surface area contributed by atoms with Gasteiger partial charge in [-0.3, -0.25) is 4.79 Å². The molecule has 1 unspecified atom stereocenters. The number of carbonyl (C=O) groups is 1. The molecule has 194 valence electrons. The van der Waals surface area contributed by atoms with Crippen molar-refractivity contribution in [3.8, 4) is 16.9 Å². The van der Waals surface area contributed by atoms with Gasteiger partial charge in [-0.25, -0.2) is 0 Å². The van der Waals surface area contributed by atoms with Gasteiger partial charge in [0.25, 0.3) is 0 Å². The Morgan fingerprint density at radius 2 is 1.20 bits per heavy atom. The molecule has 0 aliphatic heterocycles.